The van der Waals surface area contributed by atoms with Gasteiger partial charge in [-0.05, 0) is 73.5 Å². The van der Waals surface area contributed by atoms with Crippen LogP contribution in [0.1, 0.15) is 79.1 Å². The van der Waals surface area contributed by atoms with Crippen molar-refractivity contribution >= 4 is 0 Å². The summed E-state index contributed by atoms with van der Waals surface area (Å²) < 4.78 is 0. The number of hydrogen-bond acceptors (Lipinski definition) is 0. The molecule has 5 unspecified atom stereocenters. The van der Waals surface area contributed by atoms with Crippen molar-refractivity contribution in [1.29, 1.82) is 0 Å². The maximum absolute atomic E-state index is 2.67. The van der Waals surface area contributed by atoms with E-state index in [-0.39, 0.29) is 0 Å². The Morgan fingerprint density at radius 3 is 2.62 bits per heavy atom. The molecule has 5 atom stereocenters. The molecule has 2 fully saturated rings. The van der Waals surface area contributed by atoms with E-state index in [1.165, 1.54) is 51.4 Å². The molecule has 4 rings (SSSR count). The van der Waals surface area contributed by atoms with E-state index in [0.717, 1.165) is 17.8 Å². The molecule has 0 heteroatoms. The van der Waals surface area contributed by atoms with Gasteiger partial charge in [0.05, 0.1) is 0 Å². The topological polar surface area (TPSA) is 0 Å². The lowest BCUT2D eigenvalue weighted by Crippen LogP contribution is -2.48. The van der Waals surface area contributed by atoms with Gasteiger partial charge in [0.1, 0.15) is 0 Å². The second-order valence-corrected chi connectivity index (χ2v) is 8.15. The van der Waals surface area contributed by atoms with Gasteiger partial charge in [0, 0.05) is 0 Å². The van der Waals surface area contributed by atoms with Crippen LogP contribution in [0.5, 0.6) is 0 Å². The predicted octanol–water partition coefficient (Wildman–Crippen LogP) is 6.53. The van der Waals surface area contributed by atoms with Crippen LogP contribution in [0.4, 0.5) is 0 Å². The Hall–Kier alpha value is -0.520. The fourth-order valence-corrected chi connectivity index (χ4v) is 6.18. The Morgan fingerprint density at radius 2 is 1.81 bits per heavy atom. The molecule has 0 aromatic rings. The van der Waals surface area contributed by atoms with E-state index in [1.807, 2.05) is 19.4 Å². The maximum atomic E-state index is 2.67. The van der Waals surface area contributed by atoms with Crippen LogP contribution < -0.4 is 0 Å². The quantitative estimate of drug-likeness (QED) is 0.444. The minimum absolute atomic E-state index is 0.539. The van der Waals surface area contributed by atoms with Gasteiger partial charge in [-0.3, -0.25) is 0 Å². The van der Waals surface area contributed by atoms with Crippen molar-refractivity contribution in [1.82, 2.24) is 0 Å². The van der Waals surface area contributed by atoms with E-state index in [9.17, 15) is 0 Å². The first-order chi connectivity index (χ1) is 10.1. The Bertz CT molecular complexity index is 443. The van der Waals surface area contributed by atoms with Crippen molar-refractivity contribution in [3.63, 3.8) is 0 Å². The van der Waals surface area contributed by atoms with E-state index in [1.54, 1.807) is 0 Å². The van der Waals surface area contributed by atoms with Gasteiger partial charge in [0.25, 0.3) is 0 Å². The molecule has 21 heavy (non-hydrogen) atoms. The van der Waals surface area contributed by atoms with Gasteiger partial charge in [0.2, 0.25) is 0 Å². The predicted molar refractivity (Wildman–Crippen MR) is 92.2 cm³/mol. The fourth-order valence-electron chi connectivity index (χ4n) is 6.18. The average molecular weight is 287 g/mol. The minimum atomic E-state index is 0.539. The van der Waals surface area contributed by atoms with E-state index in [0.29, 0.717) is 10.8 Å². The Labute approximate surface area is 132 Å². The van der Waals surface area contributed by atoms with E-state index in [4.69, 9.17) is 0 Å². The lowest BCUT2D eigenvalue weighted by atomic mass is 9.48. The molecule has 0 spiro atoms. The van der Waals surface area contributed by atoms with E-state index < -0.39 is 0 Å². The molecule has 0 nitrogen and oxygen atoms in total. The molecule has 0 heterocycles. The first kappa shape index (κ1) is 15.4. The zero-order valence-corrected chi connectivity index (χ0v) is 14.6. The van der Waals surface area contributed by atoms with Crippen molar-refractivity contribution in [3.8, 4) is 0 Å². The second-order valence-electron chi connectivity index (χ2n) is 8.15. The molecule has 0 aromatic heterocycles. The molecule has 0 radical (unpaired) electrons. The highest BCUT2D eigenvalue weighted by Gasteiger charge is 2.53. The lowest BCUT2D eigenvalue weighted by molar-refractivity contribution is -0.0130. The van der Waals surface area contributed by atoms with Gasteiger partial charge in [-0.25, -0.2) is 0 Å². The zero-order valence-electron chi connectivity index (χ0n) is 14.6. The summed E-state index contributed by atoms with van der Waals surface area (Å²) in [5.41, 5.74) is 2.96. The van der Waals surface area contributed by atoms with Gasteiger partial charge >= 0.3 is 0 Å². The third-order valence-corrected chi connectivity index (χ3v) is 7.34. The van der Waals surface area contributed by atoms with Gasteiger partial charge < -0.3 is 0 Å². The summed E-state index contributed by atoms with van der Waals surface area (Å²) in [4.78, 5) is 0. The van der Waals surface area contributed by atoms with Crippen LogP contribution in [0.15, 0.2) is 23.8 Å². The van der Waals surface area contributed by atoms with Crippen LogP contribution in [0, 0.1) is 28.6 Å². The molecule has 118 valence electrons. The summed E-state index contributed by atoms with van der Waals surface area (Å²) in [6.45, 7) is 9.14. The molecule has 0 amide bonds. The number of fused-ring (bicyclic) bond motifs is 5. The van der Waals surface area contributed by atoms with Crippen LogP contribution in [0.2, 0.25) is 0 Å². The lowest BCUT2D eigenvalue weighted by Gasteiger charge is -2.56. The number of allylic oxidation sites excluding steroid dienone is 4. The van der Waals surface area contributed by atoms with Crippen molar-refractivity contribution < 1.29 is 0 Å². The molecule has 0 saturated heterocycles. The highest BCUT2D eigenvalue weighted by atomic mass is 14.6. The molecular formula is C21H34. The summed E-state index contributed by atoms with van der Waals surface area (Å²) in [5, 5.41) is 0. The molecule has 0 aromatic carbocycles. The molecule has 0 bridgehead atoms. The monoisotopic (exact) mass is 286 g/mol. The maximum Gasteiger partial charge on any atom is -0.00853 e. The number of rotatable bonds is 0. The van der Waals surface area contributed by atoms with Crippen LogP contribution in [-0.2, 0) is 0 Å². The van der Waals surface area contributed by atoms with Gasteiger partial charge in [-0.1, -0.05) is 57.9 Å². The Balaban J connectivity index is 0.000000636. The Morgan fingerprint density at radius 1 is 1.00 bits per heavy atom. The normalized spacial score (nSPS) is 47.4. The smallest absolute Gasteiger partial charge is 0.00853 e. The third kappa shape index (κ3) is 2.25. The average Bonchev–Trinajstić information content (AvgIpc) is 2.90. The fraction of sp³-hybridized carbons (Fsp3) is 0.810. The van der Waals surface area contributed by atoms with Crippen molar-refractivity contribution in [2.75, 3.05) is 0 Å². The third-order valence-electron chi connectivity index (χ3n) is 7.34. The minimum Gasteiger partial charge on any atom is -0.0877 e. The van der Waals surface area contributed by atoms with Crippen LogP contribution in [0.25, 0.3) is 0 Å². The van der Waals surface area contributed by atoms with Gasteiger partial charge in [0.15, 0.2) is 0 Å². The van der Waals surface area contributed by atoms with Crippen molar-refractivity contribution in [2.24, 2.45) is 28.6 Å². The van der Waals surface area contributed by atoms with Gasteiger partial charge in [-0.2, -0.15) is 0 Å². The highest BCUT2D eigenvalue weighted by Crippen LogP contribution is 2.63. The summed E-state index contributed by atoms with van der Waals surface area (Å²) in [7, 11) is 0. The van der Waals surface area contributed by atoms with Crippen LogP contribution >= 0.6 is 0 Å². The molecule has 2 saturated carbocycles. The zero-order chi connectivity index (χ0) is 15.1. The van der Waals surface area contributed by atoms with Crippen LogP contribution in [-0.4, -0.2) is 0 Å². The summed E-state index contributed by atoms with van der Waals surface area (Å²) in [6, 6.07) is 0. The molecule has 4 aliphatic carbocycles. The summed E-state index contributed by atoms with van der Waals surface area (Å²) in [5.74, 6) is 2.91. The molecular weight excluding hydrogens is 252 g/mol. The summed E-state index contributed by atoms with van der Waals surface area (Å²) >= 11 is 0. The summed E-state index contributed by atoms with van der Waals surface area (Å²) in [6.07, 6.45) is 19.2. The standard InChI is InChI=1S/C19H28.C2H6/c1-18-11-5-7-16(18)15-9-8-14-6-3-4-12-19(14,2)17(15)10-13-18;1-2/h5,8,11,15-17H,3-4,6-7,9-10,12-13H2,1-2H3;1-2H3. The largest absolute Gasteiger partial charge is 0.0877 e. The Kier molecular flexibility index (Phi) is 4.10. The first-order valence-electron chi connectivity index (χ1n) is 9.51. The van der Waals surface area contributed by atoms with Crippen LogP contribution in [0.3, 0.4) is 0 Å². The number of hydrogen-bond donors (Lipinski definition) is 0. The molecule has 0 N–H and O–H groups in total. The van der Waals surface area contributed by atoms with Crippen molar-refractivity contribution in [3.05, 3.63) is 23.8 Å². The second kappa shape index (κ2) is 5.60. The first-order valence-corrected chi connectivity index (χ1v) is 9.51. The SMILES string of the molecule is CC.CC12C=CCC1C1CC=C3CCCCC3(C)C1CC2. The molecule has 0 aliphatic heterocycles. The van der Waals surface area contributed by atoms with E-state index >= 15 is 0 Å². The van der Waals surface area contributed by atoms with Gasteiger partial charge in [-0.15, -0.1) is 0 Å². The highest BCUT2D eigenvalue weighted by molar-refractivity contribution is 5.25. The van der Waals surface area contributed by atoms with Crippen molar-refractivity contribution in [2.45, 2.75) is 79.1 Å². The molecule has 4 aliphatic rings. The van der Waals surface area contributed by atoms with E-state index in [2.05, 4.69) is 32.1 Å².